The SMILES string of the molecule is O=c1ncc([N+](=O)[O-])cn1CCNC1CCCCC1. The van der Waals surface area contributed by atoms with Gasteiger partial charge in [-0.3, -0.25) is 14.7 Å². The Morgan fingerprint density at radius 3 is 2.84 bits per heavy atom. The van der Waals surface area contributed by atoms with Crippen molar-refractivity contribution in [2.24, 2.45) is 0 Å². The van der Waals surface area contributed by atoms with Gasteiger partial charge >= 0.3 is 11.4 Å². The molecule has 0 saturated heterocycles. The molecule has 1 aliphatic rings. The average Bonchev–Trinajstić information content (AvgIpc) is 2.42. The first-order chi connectivity index (χ1) is 9.16. The summed E-state index contributed by atoms with van der Waals surface area (Å²) in [5, 5.41) is 14.0. The van der Waals surface area contributed by atoms with Gasteiger partial charge in [0, 0.05) is 19.1 Å². The lowest BCUT2D eigenvalue weighted by molar-refractivity contribution is -0.385. The summed E-state index contributed by atoms with van der Waals surface area (Å²) in [5.41, 5.74) is -0.603. The van der Waals surface area contributed by atoms with E-state index in [0.29, 0.717) is 19.1 Å². The molecule has 7 nitrogen and oxygen atoms in total. The van der Waals surface area contributed by atoms with E-state index in [1.807, 2.05) is 0 Å². The molecule has 104 valence electrons. The Morgan fingerprint density at radius 1 is 1.42 bits per heavy atom. The predicted molar refractivity (Wildman–Crippen MR) is 70.0 cm³/mol. The molecule has 19 heavy (non-hydrogen) atoms. The van der Waals surface area contributed by atoms with Crippen LogP contribution in [0.25, 0.3) is 0 Å². The molecule has 0 amide bonds. The minimum atomic E-state index is -0.544. The van der Waals surface area contributed by atoms with Crippen molar-refractivity contribution < 1.29 is 4.92 Å². The van der Waals surface area contributed by atoms with E-state index < -0.39 is 10.6 Å². The van der Waals surface area contributed by atoms with Crippen LogP contribution in [-0.4, -0.2) is 27.1 Å². The second-order valence-corrected chi connectivity index (χ2v) is 4.83. The molecule has 1 aliphatic carbocycles. The van der Waals surface area contributed by atoms with E-state index in [1.54, 1.807) is 0 Å². The lowest BCUT2D eigenvalue weighted by Crippen LogP contribution is -2.35. The third-order valence-corrected chi connectivity index (χ3v) is 3.44. The van der Waals surface area contributed by atoms with Crippen molar-refractivity contribution in [1.82, 2.24) is 14.9 Å². The Balaban J connectivity index is 1.89. The van der Waals surface area contributed by atoms with Crippen LogP contribution in [-0.2, 0) is 6.54 Å². The van der Waals surface area contributed by atoms with Gasteiger partial charge in [0.15, 0.2) is 0 Å². The maximum Gasteiger partial charge on any atom is 0.348 e. The monoisotopic (exact) mass is 266 g/mol. The maximum atomic E-state index is 11.5. The number of hydrogen-bond acceptors (Lipinski definition) is 5. The molecule has 0 radical (unpaired) electrons. The maximum absolute atomic E-state index is 11.5. The average molecular weight is 266 g/mol. The van der Waals surface area contributed by atoms with Crippen molar-refractivity contribution >= 4 is 5.69 Å². The zero-order chi connectivity index (χ0) is 13.7. The highest BCUT2D eigenvalue weighted by Crippen LogP contribution is 2.17. The molecule has 1 heterocycles. The van der Waals surface area contributed by atoms with Gasteiger partial charge in [-0.1, -0.05) is 19.3 Å². The van der Waals surface area contributed by atoms with E-state index in [4.69, 9.17) is 0 Å². The van der Waals surface area contributed by atoms with E-state index in [9.17, 15) is 14.9 Å². The number of nitrogens with one attached hydrogen (secondary N) is 1. The highest BCUT2D eigenvalue weighted by molar-refractivity contribution is 5.20. The standard InChI is InChI=1S/C12H18N4O3/c17-12-14-8-11(16(18)19)9-15(12)7-6-13-10-4-2-1-3-5-10/h8-10,13H,1-7H2. The van der Waals surface area contributed by atoms with E-state index in [-0.39, 0.29) is 5.69 Å². The van der Waals surface area contributed by atoms with E-state index in [0.717, 1.165) is 6.20 Å². The van der Waals surface area contributed by atoms with Crippen LogP contribution >= 0.6 is 0 Å². The summed E-state index contributed by atoms with van der Waals surface area (Å²) in [6, 6.07) is 0.510. The highest BCUT2D eigenvalue weighted by atomic mass is 16.6. The van der Waals surface area contributed by atoms with Crippen LogP contribution < -0.4 is 11.0 Å². The van der Waals surface area contributed by atoms with Gasteiger partial charge in [0.05, 0.1) is 11.1 Å². The van der Waals surface area contributed by atoms with E-state index >= 15 is 0 Å². The molecule has 1 fully saturated rings. The van der Waals surface area contributed by atoms with Crippen LogP contribution in [0.2, 0.25) is 0 Å². The van der Waals surface area contributed by atoms with Crippen molar-refractivity contribution in [3.05, 3.63) is 33.0 Å². The van der Waals surface area contributed by atoms with Crippen molar-refractivity contribution in [2.75, 3.05) is 6.54 Å². The van der Waals surface area contributed by atoms with Gasteiger partial charge in [-0.05, 0) is 12.8 Å². The third-order valence-electron chi connectivity index (χ3n) is 3.44. The quantitative estimate of drug-likeness (QED) is 0.636. The Morgan fingerprint density at radius 2 is 2.16 bits per heavy atom. The second-order valence-electron chi connectivity index (χ2n) is 4.83. The van der Waals surface area contributed by atoms with Crippen molar-refractivity contribution in [2.45, 2.75) is 44.7 Å². The molecule has 0 unspecified atom stereocenters. The Kier molecular flexibility index (Phi) is 4.62. The molecular formula is C12H18N4O3. The van der Waals surface area contributed by atoms with E-state index in [1.165, 1.54) is 42.9 Å². The van der Waals surface area contributed by atoms with Crippen LogP contribution in [0.3, 0.4) is 0 Å². The number of nitrogens with zero attached hydrogens (tertiary/aromatic N) is 3. The number of nitro groups is 1. The number of hydrogen-bond donors (Lipinski definition) is 1. The summed E-state index contributed by atoms with van der Waals surface area (Å²) in [6.45, 7) is 1.04. The molecule has 0 aliphatic heterocycles. The molecule has 1 N–H and O–H groups in total. The first-order valence-corrected chi connectivity index (χ1v) is 6.61. The lowest BCUT2D eigenvalue weighted by Gasteiger charge is -2.22. The highest BCUT2D eigenvalue weighted by Gasteiger charge is 2.13. The summed E-state index contributed by atoms with van der Waals surface area (Å²) < 4.78 is 1.29. The largest absolute Gasteiger partial charge is 0.348 e. The normalized spacial score (nSPS) is 16.4. The smallest absolute Gasteiger partial charge is 0.312 e. The van der Waals surface area contributed by atoms with Crippen LogP contribution in [0.4, 0.5) is 5.69 Å². The van der Waals surface area contributed by atoms with Gasteiger partial charge in [-0.25, -0.2) is 4.79 Å². The van der Waals surface area contributed by atoms with Gasteiger partial charge in [0.2, 0.25) is 0 Å². The third kappa shape index (κ3) is 3.85. The zero-order valence-corrected chi connectivity index (χ0v) is 10.7. The topological polar surface area (TPSA) is 90.1 Å². The summed E-state index contributed by atoms with van der Waals surface area (Å²) in [7, 11) is 0. The summed E-state index contributed by atoms with van der Waals surface area (Å²) >= 11 is 0. The van der Waals surface area contributed by atoms with Crippen molar-refractivity contribution in [1.29, 1.82) is 0 Å². The molecule has 0 spiro atoms. The molecule has 2 rings (SSSR count). The lowest BCUT2D eigenvalue weighted by atomic mass is 9.95. The van der Waals surface area contributed by atoms with Crippen LogP contribution in [0.1, 0.15) is 32.1 Å². The number of aromatic nitrogens is 2. The minimum Gasteiger partial charge on any atom is -0.312 e. The fraction of sp³-hybridized carbons (Fsp3) is 0.667. The molecule has 1 saturated carbocycles. The molecular weight excluding hydrogens is 248 g/mol. The molecule has 1 aromatic heterocycles. The van der Waals surface area contributed by atoms with Crippen molar-refractivity contribution in [3.63, 3.8) is 0 Å². The second kappa shape index (κ2) is 6.42. The van der Waals surface area contributed by atoms with Gasteiger partial charge in [0.1, 0.15) is 6.20 Å². The Hall–Kier alpha value is -1.76. The minimum absolute atomic E-state index is 0.155. The van der Waals surface area contributed by atoms with Gasteiger partial charge in [0.25, 0.3) is 0 Å². The van der Waals surface area contributed by atoms with Crippen molar-refractivity contribution in [3.8, 4) is 0 Å². The zero-order valence-electron chi connectivity index (χ0n) is 10.7. The Labute approximate surface area is 110 Å². The van der Waals surface area contributed by atoms with Gasteiger partial charge in [-0.2, -0.15) is 4.98 Å². The molecule has 7 heteroatoms. The van der Waals surface area contributed by atoms with E-state index in [2.05, 4.69) is 10.3 Å². The fourth-order valence-corrected chi connectivity index (χ4v) is 2.39. The van der Waals surface area contributed by atoms with Gasteiger partial charge < -0.3 is 5.32 Å². The Bertz CT molecular complexity index is 494. The first-order valence-electron chi connectivity index (χ1n) is 6.61. The molecule has 0 bridgehead atoms. The van der Waals surface area contributed by atoms with Crippen LogP contribution in [0, 0.1) is 10.1 Å². The van der Waals surface area contributed by atoms with Crippen LogP contribution in [0.5, 0.6) is 0 Å². The summed E-state index contributed by atoms with van der Waals surface area (Å²) in [5.74, 6) is 0. The predicted octanol–water partition coefficient (Wildman–Crippen LogP) is 1.07. The van der Waals surface area contributed by atoms with Crippen LogP contribution in [0.15, 0.2) is 17.2 Å². The fourth-order valence-electron chi connectivity index (χ4n) is 2.39. The molecule has 0 aromatic carbocycles. The first kappa shape index (κ1) is 13.7. The molecule has 1 aromatic rings. The molecule has 0 atom stereocenters. The summed E-state index contributed by atoms with van der Waals surface area (Å²) in [6.07, 6.45) is 8.37. The van der Waals surface area contributed by atoms with Gasteiger partial charge in [-0.15, -0.1) is 0 Å². The number of rotatable bonds is 5. The summed E-state index contributed by atoms with van der Waals surface area (Å²) in [4.78, 5) is 25.1.